The Morgan fingerprint density at radius 3 is 2.28 bits per heavy atom. The van der Waals surface area contributed by atoms with Gasteiger partial charge in [0.15, 0.2) is 0 Å². The molecule has 5 heteroatoms. The van der Waals surface area contributed by atoms with Crippen LogP contribution in [0.3, 0.4) is 0 Å². The maximum Gasteiger partial charge on any atom is 0.243 e. The van der Waals surface area contributed by atoms with E-state index < -0.39 is 10.0 Å². The summed E-state index contributed by atoms with van der Waals surface area (Å²) in [5.74, 6) is 0. The Morgan fingerprint density at radius 1 is 0.920 bits per heavy atom. The molecule has 0 aliphatic carbocycles. The van der Waals surface area contributed by atoms with Crippen molar-refractivity contribution in [2.75, 3.05) is 32.7 Å². The van der Waals surface area contributed by atoms with Gasteiger partial charge in [-0.15, -0.1) is 0 Å². The third kappa shape index (κ3) is 4.29. The summed E-state index contributed by atoms with van der Waals surface area (Å²) >= 11 is 0. The minimum absolute atomic E-state index is 0.449. The number of aryl methyl sites for hydroxylation is 2. The zero-order valence-electron chi connectivity index (χ0n) is 15.0. The van der Waals surface area contributed by atoms with E-state index in [4.69, 9.17) is 0 Å². The standard InChI is InChI=1S/C20H26N2O2S/c1-17-8-9-18(2)20(16-17)25(23,24)22-14-12-21(13-15-22)11-10-19-6-4-3-5-7-19/h3-9,16H,10-15H2,1-2H3. The summed E-state index contributed by atoms with van der Waals surface area (Å²) in [7, 11) is -3.40. The van der Waals surface area contributed by atoms with Gasteiger partial charge in [-0.25, -0.2) is 8.42 Å². The summed E-state index contributed by atoms with van der Waals surface area (Å²) in [6, 6.07) is 16.1. The fourth-order valence-electron chi connectivity index (χ4n) is 3.25. The van der Waals surface area contributed by atoms with Gasteiger partial charge in [-0.2, -0.15) is 4.31 Å². The lowest BCUT2D eigenvalue weighted by molar-refractivity contribution is 0.190. The number of hydrogen-bond donors (Lipinski definition) is 0. The van der Waals surface area contributed by atoms with Crippen LogP contribution < -0.4 is 0 Å². The largest absolute Gasteiger partial charge is 0.300 e. The van der Waals surface area contributed by atoms with Crippen LogP contribution in [0.4, 0.5) is 0 Å². The van der Waals surface area contributed by atoms with Crippen LogP contribution in [-0.2, 0) is 16.4 Å². The fourth-order valence-corrected chi connectivity index (χ4v) is 4.98. The van der Waals surface area contributed by atoms with E-state index in [9.17, 15) is 8.42 Å². The van der Waals surface area contributed by atoms with Crippen molar-refractivity contribution in [3.8, 4) is 0 Å². The highest BCUT2D eigenvalue weighted by atomic mass is 32.2. The van der Waals surface area contributed by atoms with Gasteiger partial charge in [0.1, 0.15) is 0 Å². The smallest absolute Gasteiger partial charge is 0.243 e. The van der Waals surface area contributed by atoms with Crippen LogP contribution in [0, 0.1) is 13.8 Å². The molecule has 0 aromatic heterocycles. The third-order valence-electron chi connectivity index (χ3n) is 4.85. The lowest BCUT2D eigenvalue weighted by Crippen LogP contribution is -2.49. The first-order valence-electron chi connectivity index (χ1n) is 8.80. The molecule has 4 nitrogen and oxygen atoms in total. The maximum absolute atomic E-state index is 13.0. The van der Waals surface area contributed by atoms with Crippen LogP contribution in [0.25, 0.3) is 0 Å². The van der Waals surface area contributed by atoms with Crippen molar-refractivity contribution in [3.05, 3.63) is 65.2 Å². The Balaban J connectivity index is 1.60. The van der Waals surface area contributed by atoms with Gasteiger partial charge in [-0.1, -0.05) is 42.5 Å². The van der Waals surface area contributed by atoms with Crippen molar-refractivity contribution in [1.29, 1.82) is 0 Å². The van der Waals surface area contributed by atoms with E-state index in [2.05, 4.69) is 29.2 Å². The number of benzene rings is 2. The zero-order chi connectivity index (χ0) is 17.9. The Hall–Kier alpha value is -1.69. The van der Waals surface area contributed by atoms with E-state index in [1.165, 1.54) is 5.56 Å². The second kappa shape index (κ2) is 7.68. The van der Waals surface area contributed by atoms with Crippen LogP contribution in [-0.4, -0.2) is 50.3 Å². The van der Waals surface area contributed by atoms with Crippen LogP contribution in [0.15, 0.2) is 53.4 Å². The van der Waals surface area contributed by atoms with Gasteiger partial charge in [0, 0.05) is 32.7 Å². The van der Waals surface area contributed by atoms with Gasteiger partial charge in [-0.05, 0) is 43.0 Å². The van der Waals surface area contributed by atoms with Crippen LogP contribution in [0.2, 0.25) is 0 Å². The monoisotopic (exact) mass is 358 g/mol. The minimum atomic E-state index is -3.40. The molecule has 0 radical (unpaired) electrons. The van der Waals surface area contributed by atoms with E-state index >= 15 is 0 Å². The summed E-state index contributed by atoms with van der Waals surface area (Å²) < 4.78 is 27.5. The van der Waals surface area contributed by atoms with Crippen molar-refractivity contribution in [3.63, 3.8) is 0 Å². The molecule has 0 saturated carbocycles. The third-order valence-corrected chi connectivity index (χ3v) is 6.89. The lowest BCUT2D eigenvalue weighted by atomic mass is 10.1. The van der Waals surface area contributed by atoms with Crippen molar-refractivity contribution in [2.24, 2.45) is 0 Å². The lowest BCUT2D eigenvalue weighted by Gasteiger charge is -2.34. The summed E-state index contributed by atoms with van der Waals surface area (Å²) in [5, 5.41) is 0. The van der Waals surface area contributed by atoms with E-state index in [0.29, 0.717) is 18.0 Å². The molecule has 0 amide bonds. The Morgan fingerprint density at radius 2 is 1.60 bits per heavy atom. The first-order valence-corrected chi connectivity index (χ1v) is 10.2. The highest BCUT2D eigenvalue weighted by Gasteiger charge is 2.29. The predicted octanol–water partition coefficient (Wildman–Crippen LogP) is 2.85. The van der Waals surface area contributed by atoms with Crippen molar-refractivity contribution in [2.45, 2.75) is 25.2 Å². The minimum Gasteiger partial charge on any atom is -0.300 e. The van der Waals surface area contributed by atoms with Gasteiger partial charge in [-0.3, -0.25) is 0 Å². The zero-order valence-corrected chi connectivity index (χ0v) is 15.8. The molecule has 0 unspecified atom stereocenters. The second-order valence-corrected chi connectivity index (χ2v) is 8.66. The number of rotatable bonds is 5. The summed E-state index contributed by atoms with van der Waals surface area (Å²) in [4.78, 5) is 2.80. The Bertz CT molecular complexity index is 811. The molecule has 0 bridgehead atoms. The quantitative estimate of drug-likeness (QED) is 0.825. The van der Waals surface area contributed by atoms with E-state index in [1.807, 2.05) is 32.0 Å². The second-order valence-electron chi connectivity index (χ2n) is 6.75. The van der Waals surface area contributed by atoms with Crippen molar-refractivity contribution in [1.82, 2.24) is 9.21 Å². The maximum atomic E-state index is 13.0. The van der Waals surface area contributed by atoms with Gasteiger partial charge in [0.05, 0.1) is 4.90 Å². The molecule has 2 aromatic carbocycles. The molecular weight excluding hydrogens is 332 g/mol. The molecule has 0 spiro atoms. The highest BCUT2D eigenvalue weighted by molar-refractivity contribution is 7.89. The Kier molecular flexibility index (Phi) is 5.57. The molecule has 0 atom stereocenters. The summed E-state index contributed by atoms with van der Waals surface area (Å²) in [6.07, 6.45) is 1.00. The molecule has 134 valence electrons. The van der Waals surface area contributed by atoms with Crippen LogP contribution in [0.1, 0.15) is 16.7 Å². The van der Waals surface area contributed by atoms with Crippen LogP contribution in [0.5, 0.6) is 0 Å². The topological polar surface area (TPSA) is 40.6 Å². The Labute approximate surface area is 151 Å². The molecule has 1 saturated heterocycles. The van der Waals surface area contributed by atoms with Gasteiger partial charge in [0.25, 0.3) is 0 Å². The molecule has 0 N–H and O–H groups in total. The SMILES string of the molecule is Cc1ccc(C)c(S(=O)(=O)N2CCN(CCc3ccccc3)CC2)c1. The van der Waals surface area contributed by atoms with E-state index in [-0.39, 0.29) is 0 Å². The normalized spacial score (nSPS) is 16.9. The van der Waals surface area contributed by atoms with E-state index in [0.717, 1.165) is 37.2 Å². The number of sulfonamides is 1. The van der Waals surface area contributed by atoms with Crippen molar-refractivity contribution >= 4 is 10.0 Å². The average Bonchev–Trinajstić information content (AvgIpc) is 2.63. The summed E-state index contributed by atoms with van der Waals surface area (Å²) in [5.41, 5.74) is 3.12. The molecular formula is C20H26N2O2S. The molecule has 3 rings (SSSR count). The molecule has 1 heterocycles. The summed E-state index contributed by atoms with van der Waals surface area (Å²) in [6.45, 7) is 7.46. The van der Waals surface area contributed by atoms with Gasteiger partial charge in [0.2, 0.25) is 10.0 Å². The van der Waals surface area contributed by atoms with Crippen molar-refractivity contribution < 1.29 is 8.42 Å². The fraction of sp³-hybridized carbons (Fsp3) is 0.400. The molecule has 2 aromatic rings. The predicted molar refractivity (Wildman–Crippen MR) is 101 cm³/mol. The molecule has 25 heavy (non-hydrogen) atoms. The molecule has 1 aliphatic heterocycles. The van der Waals surface area contributed by atoms with Gasteiger partial charge >= 0.3 is 0 Å². The first-order chi connectivity index (χ1) is 12.0. The van der Waals surface area contributed by atoms with Crippen LogP contribution >= 0.6 is 0 Å². The van der Waals surface area contributed by atoms with Gasteiger partial charge < -0.3 is 4.90 Å². The number of hydrogen-bond acceptors (Lipinski definition) is 3. The molecule has 1 aliphatic rings. The number of nitrogens with zero attached hydrogens (tertiary/aromatic N) is 2. The average molecular weight is 359 g/mol. The van der Waals surface area contributed by atoms with E-state index in [1.54, 1.807) is 10.4 Å². The highest BCUT2D eigenvalue weighted by Crippen LogP contribution is 2.22. The molecule has 1 fully saturated rings. The first kappa shape index (κ1) is 18.1. The number of piperazine rings is 1.